The maximum atomic E-state index is 12.4. The van der Waals surface area contributed by atoms with Crippen molar-refractivity contribution in [1.82, 2.24) is 23.9 Å². The predicted molar refractivity (Wildman–Crippen MR) is 72.0 cm³/mol. The summed E-state index contributed by atoms with van der Waals surface area (Å²) < 4.78 is 5.19. The van der Waals surface area contributed by atoms with Gasteiger partial charge in [-0.05, 0) is 19.1 Å². The lowest BCUT2D eigenvalue weighted by atomic mass is 10.3. The molecule has 98 valence electrons. The van der Waals surface area contributed by atoms with Gasteiger partial charge >= 0.3 is 5.69 Å². The smallest absolute Gasteiger partial charge is 0.292 e. The number of aryl methyl sites for hydroxylation is 2. The molecule has 0 saturated heterocycles. The molecule has 2 heterocycles. The molecule has 0 N–H and O–H groups in total. The zero-order valence-electron chi connectivity index (χ0n) is 10.9. The first-order chi connectivity index (χ1) is 9.22. The van der Waals surface area contributed by atoms with Crippen LogP contribution in [0.5, 0.6) is 0 Å². The van der Waals surface area contributed by atoms with Crippen molar-refractivity contribution in [2.45, 2.75) is 20.0 Å². The van der Waals surface area contributed by atoms with Gasteiger partial charge in [-0.3, -0.25) is 13.8 Å². The minimum atomic E-state index is -0.00769. The quantitative estimate of drug-likeness (QED) is 0.703. The second-order valence-corrected chi connectivity index (χ2v) is 4.40. The molecule has 3 rings (SSSR count). The summed E-state index contributed by atoms with van der Waals surface area (Å²) in [6, 6.07) is 7.81. The van der Waals surface area contributed by atoms with E-state index in [9.17, 15) is 4.79 Å². The van der Waals surface area contributed by atoms with E-state index in [1.807, 2.05) is 38.2 Å². The first-order valence-corrected chi connectivity index (χ1v) is 6.23. The Morgan fingerprint density at radius 1 is 1.16 bits per heavy atom. The summed E-state index contributed by atoms with van der Waals surface area (Å²) in [5, 5.41) is 4.03. The molecule has 0 atom stereocenters. The third-order valence-corrected chi connectivity index (χ3v) is 3.35. The lowest BCUT2D eigenvalue weighted by Crippen LogP contribution is -2.25. The van der Waals surface area contributed by atoms with Crippen molar-refractivity contribution in [2.75, 3.05) is 0 Å². The molecular formula is C13H15N5O. The molecule has 0 spiro atoms. The Balaban J connectivity index is 2.21. The number of hydrogen-bond acceptors (Lipinski definition) is 3. The molecule has 0 aliphatic rings. The third-order valence-electron chi connectivity index (χ3n) is 3.35. The van der Waals surface area contributed by atoms with Gasteiger partial charge in [0, 0.05) is 13.6 Å². The number of nitrogens with zero attached hydrogens (tertiary/aromatic N) is 5. The highest BCUT2D eigenvalue weighted by atomic mass is 16.1. The Hall–Kier alpha value is -2.37. The minimum Gasteiger partial charge on any atom is -0.292 e. The number of aromatic nitrogens is 5. The maximum Gasteiger partial charge on any atom is 0.329 e. The lowest BCUT2D eigenvalue weighted by molar-refractivity contribution is 0.628. The molecular weight excluding hydrogens is 242 g/mol. The average Bonchev–Trinajstić information content (AvgIpc) is 2.93. The van der Waals surface area contributed by atoms with Gasteiger partial charge in [-0.15, -0.1) is 0 Å². The topological polar surface area (TPSA) is 57.6 Å². The molecule has 2 aromatic heterocycles. The Morgan fingerprint density at radius 3 is 2.42 bits per heavy atom. The first kappa shape index (κ1) is 11.7. The number of fused-ring (bicyclic) bond motifs is 1. The number of para-hydroxylation sites is 2. The van der Waals surface area contributed by atoms with E-state index in [-0.39, 0.29) is 5.69 Å². The van der Waals surface area contributed by atoms with E-state index < -0.39 is 0 Å². The molecule has 0 radical (unpaired) electrons. The van der Waals surface area contributed by atoms with Crippen molar-refractivity contribution in [1.29, 1.82) is 0 Å². The largest absolute Gasteiger partial charge is 0.329 e. The van der Waals surface area contributed by atoms with Crippen molar-refractivity contribution < 1.29 is 0 Å². The third kappa shape index (κ3) is 1.76. The van der Waals surface area contributed by atoms with Gasteiger partial charge in [-0.25, -0.2) is 9.78 Å². The summed E-state index contributed by atoms with van der Waals surface area (Å²) in [5.41, 5.74) is 1.88. The van der Waals surface area contributed by atoms with Crippen LogP contribution in [-0.4, -0.2) is 23.9 Å². The van der Waals surface area contributed by atoms with Crippen LogP contribution >= 0.6 is 0 Å². The molecule has 0 bridgehead atoms. The molecule has 0 amide bonds. The van der Waals surface area contributed by atoms with Gasteiger partial charge in [-0.1, -0.05) is 12.1 Å². The van der Waals surface area contributed by atoms with Crippen LogP contribution in [0.25, 0.3) is 11.0 Å². The van der Waals surface area contributed by atoms with E-state index in [0.29, 0.717) is 13.1 Å². The molecule has 0 fully saturated rings. The van der Waals surface area contributed by atoms with Gasteiger partial charge in [-0.2, -0.15) is 5.10 Å². The second kappa shape index (κ2) is 4.38. The van der Waals surface area contributed by atoms with Crippen molar-refractivity contribution in [3.63, 3.8) is 0 Å². The van der Waals surface area contributed by atoms with E-state index in [0.717, 1.165) is 16.9 Å². The summed E-state index contributed by atoms with van der Waals surface area (Å²) in [7, 11) is 1.83. The molecule has 6 heteroatoms. The van der Waals surface area contributed by atoms with Crippen LogP contribution in [-0.2, 0) is 20.1 Å². The summed E-state index contributed by atoms with van der Waals surface area (Å²) in [6.07, 6.45) is 1.50. The molecule has 3 aromatic rings. The molecule has 0 unspecified atom stereocenters. The standard InChI is InChI=1S/C13H15N5O/c1-3-17-10-6-4-5-7-11(10)18(13(17)19)8-12-14-9-15-16(12)2/h4-7,9H,3,8H2,1-2H3. The van der Waals surface area contributed by atoms with Crippen LogP contribution in [0.1, 0.15) is 12.7 Å². The van der Waals surface area contributed by atoms with Crippen LogP contribution < -0.4 is 5.69 Å². The fraction of sp³-hybridized carbons (Fsp3) is 0.308. The zero-order chi connectivity index (χ0) is 13.4. The number of imidazole rings is 1. The number of benzene rings is 1. The van der Waals surface area contributed by atoms with Crippen LogP contribution in [0.4, 0.5) is 0 Å². The Kier molecular flexibility index (Phi) is 2.70. The van der Waals surface area contributed by atoms with Crippen molar-refractivity contribution >= 4 is 11.0 Å². The van der Waals surface area contributed by atoms with Crippen LogP contribution in [0, 0.1) is 0 Å². The van der Waals surface area contributed by atoms with Gasteiger partial charge in [0.2, 0.25) is 0 Å². The van der Waals surface area contributed by atoms with Crippen molar-refractivity contribution in [3.8, 4) is 0 Å². The van der Waals surface area contributed by atoms with Crippen LogP contribution in [0.15, 0.2) is 35.4 Å². The van der Waals surface area contributed by atoms with Gasteiger partial charge in [0.15, 0.2) is 0 Å². The number of rotatable bonds is 3. The van der Waals surface area contributed by atoms with Crippen molar-refractivity contribution in [3.05, 3.63) is 46.9 Å². The minimum absolute atomic E-state index is 0.00769. The number of hydrogen-bond donors (Lipinski definition) is 0. The summed E-state index contributed by atoms with van der Waals surface area (Å²) in [6.45, 7) is 3.06. The molecule has 0 aliphatic carbocycles. The SMILES string of the molecule is CCn1c(=O)n(Cc2ncnn2C)c2ccccc21. The highest BCUT2D eigenvalue weighted by Crippen LogP contribution is 2.13. The highest BCUT2D eigenvalue weighted by Gasteiger charge is 2.13. The predicted octanol–water partition coefficient (Wildman–Crippen LogP) is 1.000. The summed E-state index contributed by atoms with van der Waals surface area (Å²) >= 11 is 0. The van der Waals surface area contributed by atoms with E-state index >= 15 is 0 Å². The molecule has 0 aliphatic heterocycles. The zero-order valence-corrected chi connectivity index (χ0v) is 10.9. The van der Waals surface area contributed by atoms with E-state index in [1.54, 1.807) is 13.8 Å². The van der Waals surface area contributed by atoms with Crippen molar-refractivity contribution in [2.24, 2.45) is 7.05 Å². The average molecular weight is 257 g/mol. The van der Waals surface area contributed by atoms with Gasteiger partial charge in [0.05, 0.1) is 17.6 Å². The Bertz CT molecular complexity index is 780. The maximum absolute atomic E-state index is 12.4. The van der Waals surface area contributed by atoms with Gasteiger partial charge < -0.3 is 0 Å². The Morgan fingerprint density at radius 2 is 1.84 bits per heavy atom. The van der Waals surface area contributed by atoms with E-state index in [4.69, 9.17) is 0 Å². The first-order valence-electron chi connectivity index (χ1n) is 6.23. The summed E-state index contributed by atoms with van der Waals surface area (Å²) in [4.78, 5) is 16.6. The monoisotopic (exact) mass is 257 g/mol. The summed E-state index contributed by atoms with van der Waals surface area (Å²) in [5.74, 6) is 0.765. The van der Waals surface area contributed by atoms with E-state index in [2.05, 4.69) is 10.1 Å². The lowest BCUT2D eigenvalue weighted by Gasteiger charge is -2.02. The van der Waals surface area contributed by atoms with Gasteiger partial charge in [0.25, 0.3) is 0 Å². The molecule has 6 nitrogen and oxygen atoms in total. The molecule has 0 saturated carbocycles. The molecule has 1 aromatic carbocycles. The Labute approximate surface area is 109 Å². The normalized spacial score (nSPS) is 11.3. The van der Waals surface area contributed by atoms with E-state index in [1.165, 1.54) is 6.33 Å². The fourth-order valence-corrected chi connectivity index (χ4v) is 2.34. The molecule has 19 heavy (non-hydrogen) atoms. The van der Waals surface area contributed by atoms with Crippen LogP contribution in [0.3, 0.4) is 0 Å². The van der Waals surface area contributed by atoms with Gasteiger partial charge in [0.1, 0.15) is 12.2 Å². The second-order valence-electron chi connectivity index (χ2n) is 4.40. The fourth-order valence-electron chi connectivity index (χ4n) is 2.34. The highest BCUT2D eigenvalue weighted by molar-refractivity contribution is 5.76. The van der Waals surface area contributed by atoms with Crippen LogP contribution in [0.2, 0.25) is 0 Å².